The zero-order valence-electron chi connectivity index (χ0n) is 29.6. The van der Waals surface area contributed by atoms with E-state index >= 15 is 0 Å². The van der Waals surface area contributed by atoms with Gasteiger partial charge in [-0.15, -0.1) is 0 Å². The Morgan fingerprint density at radius 1 is 0.182 bits per heavy atom. The number of fused-ring (bicyclic) bond motifs is 5. The summed E-state index contributed by atoms with van der Waals surface area (Å²) in [5, 5.41) is 6.27. The number of pyridine rings is 5. The maximum Gasteiger partial charge on any atom is 0.210 e. The molecule has 0 aliphatic carbocycles. The molecule has 0 radical (unpaired) electrons. The van der Waals surface area contributed by atoms with Gasteiger partial charge in [0.25, 0.3) is 0 Å². The zero-order valence-corrected chi connectivity index (χ0v) is 33.4. The number of hydrogen-bond donors (Lipinski definition) is 0. The number of benzene rings is 5. The molecule has 10 rings (SSSR count). The van der Waals surface area contributed by atoms with Crippen LogP contribution < -0.4 is 87.0 Å². The van der Waals surface area contributed by atoms with Crippen LogP contribution in [0.4, 0.5) is 0 Å². The molecule has 55 heavy (non-hydrogen) atoms. The van der Waals surface area contributed by atoms with E-state index in [1.54, 1.807) is 0 Å². The molecule has 280 valence electrons. The summed E-state index contributed by atoms with van der Waals surface area (Å²) in [4.78, 5) is 15.8. The fourth-order valence-electron chi connectivity index (χ4n) is 5.32. The SMILES string of the molecule is [Cl-].[Cl-].[Cl-].[Cl-].[Cl-].c1ccc2[nH+]cccc2c1.c1ccc2[nH+]cccc2c1.c1ccc2[nH+]cccc2c1.c1ccc2[nH+]cccc2c1.c1ccc2[nH+]cccc2c1. The molecule has 0 saturated heterocycles. The number of hydrogen-bond acceptors (Lipinski definition) is 0. The number of H-pyrrole nitrogens is 5. The van der Waals surface area contributed by atoms with Crippen LogP contribution in [0.25, 0.3) is 54.5 Å². The molecule has 0 atom stereocenters. The first-order valence-electron chi connectivity index (χ1n) is 16.6. The highest BCUT2D eigenvalue weighted by Gasteiger charge is 1.96. The summed E-state index contributed by atoms with van der Waals surface area (Å²) in [6.45, 7) is 0. The van der Waals surface area contributed by atoms with Crippen molar-refractivity contribution in [3.63, 3.8) is 0 Å². The van der Waals surface area contributed by atoms with Crippen LogP contribution in [0.5, 0.6) is 0 Å². The van der Waals surface area contributed by atoms with Crippen molar-refractivity contribution in [3.05, 3.63) is 213 Å². The highest BCUT2D eigenvalue weighted by molar-refractivity contribution is 5.77. The summed E-state index contributed by atoms with van der Waals surface area (Å²) in [5.41, 5.74) is 5.93. The summed E-state index contributed by atoms with van der Waals surface area (Å²) < 4.78 is 0. The van der Waals surface area contributed by atoms with E-state index in [0.717, 1.165) is 0 Å². The number of aromatic amines is 5. The molecular formula is C45H40Cl5N5. The molecule has 0 spiro atoms. The molecule has 5 aromatic carbocycles. The van der Waals surface area contributed by atoms with Gasteiger partial charge in [-0.2, -0.15) is 0 Å². The molecule has 0 aliphatic heterocycles. The van der Waals surface area contributed by atoms with Crippen molar-refractivity contribution in [2.45, 2.75) is 0 Å². The van der Waals surface area contributed by atoms with Gasteiger partial charge in [-0.25, -0.2) is 24.9 Å². The summed E-state index contributed by atoms with van der Waals surface area (Å²) in [7, 11) is 0. The Balaban J connectivity index is 0.000000336. The standard InChI is InChI=1S/5C9H7N.5ClH/c5*1-2-6-9-8(4-1)5-3-7-10-9;;;;;/h5*1-7H;5*1H. The predicted octanol–water partition coefficient (Wildman–Crippen LogP) is -6.71. The number of para-hydroxylation sites is 5. The molecule has 5 aromatic heterocycles. The normalized spacial score (nSPS) is 9.09. The van der Waals surface area contributed by atoms with E-state index in [1.165, 1.54) is 54.5 Å². The van der Waals surface area contributed by atoms with Crippen molar-refractivity contribution >= 4 is 54.5 Å². The largest absolute Gasteiger partial charge is 1.00 e. The second kappa shape index (κ2) is 26.4. The van der Waals surface area contributed by atoms with Crippen LogP contribution in [0.1, 0.15) is 0 Å². The first kappa shape index (κ1) is 47.6. The highest BCUT2D eigenvalue weighted by Crippen LogP contribution is 2.08. The molecule has 5 N–H and O–H groups in total. The van der Waals surface area contributed by atoms with E-state index in [4.69, 9.17) is 0 Å². The third kappa shape index (κ3) is 14.7. The van der Waals surface area contributed by atoms with Crippen molar-refractivity contribution in [1.29, 1.82) is 0 Å². The van der Waals surface area contributed by atoms with Crippen LogP contribution in [-0.4, -0.2) is 0 Å². The van der Waals surface area contributed by atoms with E-state index < -0.39 is 0 Å². The van der Waals surface area contributed by atoms with Crippen LogP contribution in [0, 0.1) is 0 Å². The Kier molecular flexibility index (Phi) is 22.8. The Morgan fingerprint density at radius 2 is 0.327 bits per heavy atom. The summed E-state index contributed by atoms with van der Waals surface area (Å²) in [6, 6.07) is 61.5. The van der Waals surface area contributed by atoms with Gasteiger partial charge in [-0.05, 0) is 60.7 Å². The molecule has 0 amide bonds. The van der Waals surface area contributed by atoms with Gasteiger partial charge in [0, 0.05) is 87.6 Å². The van der Waals surface area contributed by atoms with Gasteiger partial charge in [-0.3, -0.25) is 0 Å². The zero-order chi connectivity index (χ0) is 34.1. The lowest BCUT2D eigenvalue weighted by molar-refractivity contribution is -0.345. The minimum atomic E-state index is 0. The Hall–Kier alpha value is -5.40. The van der Waals surface area contributed by atoms with Gasteiger partial charge >= 0.3 is 0 Å². The second-order valence-electron chi connectivity index (χ2n) is 11.3. The molecule has 0 bridgehead atoms. The summed E-state index contributed by atoms with van der Waals surface area (Å²) in [5.74, 6) is 0. The van der Waals surface area contributed by atoms with Crippen molar-refractivity contribution < 1.29 is 87.0 Å². The minimum Gasteiger partial charge on any atom is -1.00 e. The predicted molar refractivity (Wildman–Crippen MR) is 203 cm³/mol. The topological polar surface area (TPSA) is 70.7 Å². The Bertz CT molecular complexity index is 1820. The summed E-state index contributed by atoms with van der Waals surface area (Å²) in [6.07, 6.45) is 9.66. The molecule has 0 fully saturated rings. The Morgan fingerprint density at radius 3 is 0.491 bits per heavy atom. The molecule has 0 unspecified atom stereocenters. The van der Waals surface area contributed by atoms with E-state index in [0.29, 0.717) is 0 Å². The lowest BCUT2D eigenvalue weighted by Crippen LogP contribution is -3.00. The van der Waals surface area contributed by atoms with Crippen LogP contribution in [0.3, 0.4) is 0 Å². The van der Waals surface area contributed by atoms with Gasteiger partial charge in [0.15, 0.2) is 31.0 Å². The maximum absolute atomic E-state index is 3.15. The van der Waals surface area contributed by atoms with Crippen molar-refractivity contribution in [1.82, 2.24) is 0 Å². The molecule has 5 nitrogen and oxygen atoms in total. The smallest absolute Gasteiger partial charge is 0.210 e. The lowest BCUT2D eigenvalue weighted by atomic mass is 10.2. The van der Waals surface area contributed by atoms with Gasteiger partial charge < -0.3 is 62.0 Å². The van der Waals surface area contributed by atoms with Crippen LogP contribution >= 0.6 is 0 Å². The number of nitrogens with one attached hydrogen (secondary N) is 5. The van der Waals surface area contributed by atoms with E-state index in [1.807, 2.05) is 122 Å². The van der Waals surface area contributed by atoms with Gasteiger partial charge in [0.1, 0.15) is 0 Å². The minimum absolute atomic E-state index is 0. The number of halogens is 5. The fourth-order valence-corrected chi connectivity index (χ4v) is 5.32. The highest BCUT2D eigenvalue weighted by atomic mass is 35.5. The van der Waals surface area contributed by atoms with Crippen LogP contribution in [0.2, 0.25) is 0 Å². The summed E-state index contributed by atoms with van der Waals surface area (Å²) >= 11 is 0. The lowest BCUT2D eigenvalue weighted by Gasteiger charge is -1.85. The third-order valence-corrected chi connectivity index (χ3v) is 7.86. The second-order valence-corrected chi connectivity index (χ2v) is 11.3. The van der Waals surface area contributed by atoms with E-state index in [9.17, 15) is 0 Å². The quantitative estimate of drug-likeness (QED) is 0.146. The van der Waals surface area contributed by atoms with Crippen molar-refractivity contribution in [2.24, 2.45) is 0 Å². The first-order chi connectivity index (χ1) is 24.8. The van der Waals surface area contributed by atoms with Gasteiger partial charge in [0.2, 0.25) is 27.6 Å². The molecular weight excluding hydrogens is 788 g/mol. The monoisotopic (exact) mass is 825 g/mol. The van der Waals surface area contributed by atoms with E-state index in [2.05, 4.69) is 116 Å². The van der Waals surface area contributed by atoms with Gasteiger partial charge in [-0.1, -0.05) is 60.7 Å². The van der Waals surface area contributed by atoms with Gasteiger partial charge in [0.05, 0.1) is 0 Å². The molecule has 10 heteroatoms. The Labute approximate surface area is 352 Å². The molecule has 5 heterocycles. The average molecular weight is 828 g/mol. The average Bonchev–Trinajstić information content (AvgIpc) is 3.22. The molecule has 0 saturated carbocycles. The number of aromatic nitrogens is 5. The van der Waals surface area contributed by atoms with Crippen molar-refractivity contribution in [2.75, 3.05) is 0 Å². The van der Waals surface area contributed by atoms with Crippen LogP contribution in [-0.2, 0) is 0 Å². The van der Waals surface area contributed by atoms with E-state index in [-0.39, 0.29) is 62.0 Å². The number of rotatable bonds is 0. The van der Waals surface area contributed by atoms with Crippen molar-refractivity contribution in [3.8, 4) is 0 Å². The maximum atomic E-state index is 3.15. The first-order valence-corrected chi connectivity index (χ1v) is 16.6. The molecule has 0 aliphatic rings. The third-order valence-electron chi connectivity index (χ3n) is 7.86. The fraction of sp³-hybridized carbons (Fsp3) is 0. The molecule has 10 aromatic rings. The van der Waals surface area contributed by atoms with Crippen LogP contribution in [0.15, 0.2) is 213 Å².